The van der Waals surface area contributed by atoms with E-state index in [1.54, 1.807) is 30.6 Å². The summed E-state index contributed by atoms with van der Waals surface area (Å²) in [5, 5.41) is 5.92. The van der Waals surface area contributed by atoms with Crippen molar-refractivity contribution in [1.29, 1.82) is 0 Å². The molecule has 0 unspecified atom stereocenters. The minimum Gasteiger partial charge on any atom is -0.369 e. The van der Waals surface area contributed by atoms with E-state index in [1.807, 2.05) is 35.2 Å². The van der Waals surface area contributed by atoms with Crippen LogP contribution in [0, 0.1) is 5.82 Å². The molecule has 1 amide bonds. The summed E-state index contributed by atoms with van der Waals surface area (Å²) in [5.74, 6) is -0.835. The molecule has 1 aromatic heterocycles. The van der Waals surface area contributed by atoms with Gasteiger partial charge in [0.15, 0.2) is 0 Å². The molecule has 0 spiro atoms. The van der Waals surface area contributed by atoms with Crippen LogP contribution in [0.5, 0.6) is 0 Å². The average Bonchev–Trinajstić information content (AvgIpc) is 2.90. The zero-order valence-corrected chi connectivity index (χ0v) is 20.3. The summed E-state index contributed by atoms with van der Waals surface area (Å²) in [6, 6.07) is 15.8. The zero-order valence-electron chi connectivity index (χ0n) is 19.5. The monoisotopic (exact) mass is 510 g/mol. The Bertz CT molecular complexity index is 1150. The summed E-state index contributed by atoms with van der Waals surface area (Å²) >= 11 is 1.17. The van der Waals surface area contributed by atoms with Crippen molar-refractivity contribution in [2.75, 3.05) is 29.9 Å². The standard InChI is InChI=1S/C25H27FN6O3S/c26-21-17-18(24(34)27-14-9-23(33)35-31-36-20-5-2-1-3-6-20)7-8-22(21)32-15-10-19(11-16-32)30-25-28-12-4-13-29-25/h1-8,12-13,17,19,31H,9-11,14-16H2,(H,27,34)(H,28,29,30). The van der Waals surface area contributed by atoms with Crippen molar-refractivity contribution in [2.45, 2.75) is 30.2 Å². The Hall–Kier alpha value is -3.70. The molecule has 2 heterocycles. The van der Waals surface area contributed by atoms with Crippen LogP contribution in [-0.2, 0) is 9.63 Å². The topological polar surface area (TPSA) is 108 Å². The first-order valence-corrected chi connectivity index (χ1v) is 12.4. The van der Waals surface area contributed by atoms with Crippen LogP contribution in [0.2, 0.25) is 0 Å². The summed E-state index contributed by atoms with van der Waals surface area (Å²) in [6.07, 6.45) is 4.98. The molecule has 2 aromatic carbocycles. The number of benzene rings is 2. The highest BCUT2D eigenvalue weighted by molar-refractivity contribution is 7.97. The van der Waals surface area contributed by atoms with E-state index in [1.165, 1.54) is 18.0 Å². The number of hydrogen-bond donors (Lipinski definition) is 3. The molecule has 9 nitrogen and oxygen atoms in total. The smallest absolute Gasteiger partial charge is 0.327 e. The van der Waals surface area contributed by atoms with Crippen molar-refractivity contribution in [3.8, 4) is 0 Å². The Morgan fingerprint density at radius 2 is 1.81 bits per heavy atom. The highest BCUT2D eigenvalue weighted by Gasteiger charge is 2.22. The van der Waals surface area contributed by atoms with Gasteiger partial charge in [0.2, 0.25) is 5.95 Å². The maximum atomic E-state index is 14.8. The van der Waals surface area contributed by atoms with Gasteiger partial charge in [0.05, 0.1) is 12.1 Å². The molecule has 0 aliphatic carbocycles. The van der Waals surface area contributed by atoms with Crippen LogP contribution in [0.1, 0.15) is 29.6 Å². The lowest BCUT2D eigenvalue weighted by Gasteiger charge is -2.34. The Kier molecular flexibility index (Phi) is 9.06. The van der Waals surface area contributed by atoms with E-state index in [2.05, 4.69) is 25.5 Å². The second-order valence-electron chi connectivity index (χ2n) is 8.12. The summed E-state index contributed by atoms with van der Waals surface area (Å²) in [4.78, 5) is 42.9. The van der Waals surface area contributed by atoms with Crippen LogP contribution in [0.15, 0.2) is 71.9 Å². The van der Waals surface area contributed by atoms with E-state index in [0.717, 1.165) is 17.7 Å². The largest absolute Gasteiger partial charge is 0.369 e. The molecule has 0 radical (unpaired) electrons. The third-order valence-electron chi connectivity index (χ3n) is 5.62. The van der Waals surface area contributed by atoms with Gasteiger partial charge in [0, 0.05) is 48.5 Å². The van der Waals surface area contributed by atoms with Gasteiger partial charge in [-0.2, -0.15) is 0 Å². The number of carbonyl (C=O) groups is 2. The fourth-order valence-corrected chi connectivity index (χ4v) is 4.28. The number of carbonyl (C=O) groups excluding carboxylic acids is 2. The molecule has 1 saturated heterocycles. The molecule has 4 rings (SSSR count). The molecule has 1 aliphatic rings. The number of hydrogen-bond acceptors (Lipinski definition) is 9. The highest BCUT2D eigenvalue weighted by atomic mass is 32.2. The Morgan fingerprint density at radius 1 is 1.06 bits per heavy atom. The predicted octanol–water partition coefficient (Wildman–Crippen LogP) is 3.57. The number of piperidine rings is 1. The van der Waals surface area contributed by atoms with Crippen LogP contribution in [0.25, 0.3) is 0 Å². The first-order chi connectivity index (χ1) is 17.6. The third kappa shape index (κ3) is 7.40. The van der Waals surface area contributed by atoms with E-state index >= 15 is 0 Å². The molecule has 0 atom stereocenters. The van der Waals surface area contributed by atoms with E-state index < -0.39 is 17.7 Å². The molecule has 188 valence electrons. The summed E-state index contributed by atoms with van der Waals surface area (Å²) in [5.41, 5.74) is 0.659. The Labute approximate surface area is 212 Å². The first-order valence-electron chi connectivity index (χ1n) is 11.6. The lowest BCUT2D eigenvalue weighted by molar-refractivity contribution is -0.146. The van der Waals surface area contributed by atoms with Crippen molar-refractivity contribution >= 4 is 35.5 Å². The fraction of sp³-hybridized carbons (Fsp3) is 0.280. The van der Waals surface area contributed by atoms with E-state index in [-0.39, 0.29) is 24.6 Å². The molecular formula is C25H27FN6O3S. The van der Waals surface area contributed by atoms with Gasteiger partial charge < -0.3 is 20.4 Å². The van der Waals surface area contributed by atoms with E-state index in [4.69, 9.17) is 4.84 Å². The second-order valence-corrected chi connectivity index (χ2v) is 8.96. The van der Waals surface area contributed by atoms with Crippen LogP contribution in [0.4, 0.5) is 16.0 Å². The number of nitrogens with zero attached hydrogens (tertiary/aromatic N) is 3. The number of rotatable bonds is 10. The molecule has 0 bridgehead atoms. The van der Waals surface area contributed by atoms with Gasteiger partial charge in [-0.15, -0.1) is 0 Å². The molecule has 1 fully saturated rings. The van der Waals surface area contributed by atoms with Crippen molar-refractivity contribution < 1.29 is 18.8 Å². The van der Waals surface area contributed by atoms with E-state index in [9.17, 15) is 14.0 Å². The zero-order chi connectivity index (χ0) is 25.2. The van der Waals surface area contributed by atoms with Gasteiger partial charge in [-0.05, 0) is 61.2 Å². The normalized spacial score (nSPS) is 13.8. The van der Waals surface area contributed by atoms with Crippen molar-refractivity contribution in [1.82, 2.24) is 20.2 Å². The van der Waals surface area contributed by atoms with Crippen molar-refractivity contribution in [3.63, 3.8) is 0 Å². The Morgan fingerprint density at radius 3 is 2.53 bits per heavy atom. The number of amides is 1. The van der Waals surface area contributed by atoms with Crippen LogP contribution < -0.4 is 20.4 Å². The lowest BCUT2D eigenvalue weighted by atomic mass is 10.0. The van der Waals surface area contributed by atoms with Gasteiger partial charge in [-0.3, -0.25) is 9.59 Å². The quantitative estimate of drug-likeness (QED) is 0.279. The minimum atomic E-state index is -0.517. The molecule has 1 aliphatic heterocycles. The van der Waals surface area contributed by atoms with Gasteiger partial charge in [-0.25, -0.2) is 14.4 Å². The van der Waals surface area contributed by atoms with E-state index in [0.29, 0.717) is 24.7 Å². The molecule has 36 heavy (non-hydrogen) atoms. The highest BCUT2D eigenvalue weighted by Crippen LogP contribution is 2.25. The number of nitrogens with one attached hydrogen (secondary N) is 3. The molecule has 3 N–H and O–H groups in total. The molecule has 0 saturated carbocycles. The van der Waals surface area contributed by atoms with Crippen LogP contribution in [0.3, 0.4) is 0 Å². The number of anilines is 2. The Balaban J connectivity index is 1.18. The number of halogens is 1. The van der Waals surface area contributed by atoms with Gasteiger partial charge >= 0.3 is 5.97 Å². The van der Waals surface area contributed by atoms with Crippen LogP contribution >= 0.6 is 11.9 Å². The van der Waals surface area contributed by atoms with Crippen molar-refractivity contribution in [2.24, 2.45) is 0 Å². The maximum absolute atomic E-state index is 14.8. The first kappa shape index (κ1) is 25.4. The van der Waals surface area contributed by atoms with Gasteiger partial charge in [-0.1, -0.05) is 23.1 Å². The van der Waals surface area contributed by atoms with Gasteiger partial charge in [0.25, 0.3) is 5.91 Å². The minimum absolute atomic E-state index is 0.0222. The fourth-order valence-electron chi connectivity index (χ4n) is 3.76. The third-order valence-corrected chi connectivity index (χ3v) is 6.29. The lowest BCUT2D eigenvalue weighted by Crippen LogP contribution is -2.39. The van der Waals surface area contributed by atoms with Crippen LogP contribution in [-0.4, -0.2) is 47.5 Å². The maximum Gasteiger partial charge on any atom is 0.327 e. The summed E-state index contributed by atoms with van der Waals surface area (Å²) in [6.45, 7) is 1.42. The summed E-state index contributed by atoms with van der Waals surface area (Å²) < 4.78 is 14.8. The SMILES string of the molecule is O=C(CCNC(=O)c1ccc(N2CCC(Nc3ncccn3)CC2)c(F)c1)ONSc1ccccc1. The number of aromatic nitrogens is 2. The average molecular weight is 511 g/mol. The van der Waals surface area contributed by atoms with Crippen molar-refractivity contribution in [3.05, 3.63) is 78.4 Å². The molecule has 11 heteroatoms. The second kappa shape index (κ2) is 12.8. The molecule has 3 aromatic rings. The molecular weight excluding hydrogens is 483 g/mol. The summed E-state index contributed by atoms with van der Waals surface area (Å²) in [7, 11) is 0. The van der Waals surface area contributed by atoms with Gasteiger partial charge in [0.1, 0.15) is 5.82 Å². The predicted molar refractivity (Wildman–Crippen MR) is 136 cm³/mol.